The van der Waals surface area contributed by atoms with Crippen LogP contribution in [0.25, 0.3) is 0 Å². The second kappa shape index (κ2) is 7.60. The molecular weight excluding hydrogens is 355 g/mol. The number of carbonyl (C=O) groups excluding carboxylic acids is 1. The van der Waals surface area contributed by atoms with Gasteiger partial charge in [-0.15, -0.1) is 0 Å². The van der Waals surface area contributed by atoms with Crippen LogP contribution in [0, 0.1) is 17.5 Å². The first-order valence-electron chi connectivity index (χ1n) is 8.83. The van der Waals surface area contributed by atoms with E-state index in [1.54, 1.807) is 36.1 Å². The number of carbonyl (C=O) groups is 1. The minimum absolute atomic E-state index is 0.0891. The Hall–Kier alpha value is -2.54. The minimum Gasteiger partial charge on any atom is -0.399 e. The fourth-order valence-corrected chi connectivity index (χ4v) is 3.49. The summed E-state index contributed by atoms with van der Waals surface area (Å²) in [6.45, 7) is 5.13. The van der Waals surface area contributed by atoms with Crippen LogP contribution >= 0.6 is 0 Å². The number of nitrogen functional groups attached to an aromatic ring is 1. The van der Waals surface area contributed by atoms with E-state index >= 15 is 0 Å². The molecule has 4 nitrogen and oxygen atoms in total. The number of amides is 1. The molecule has 3 rings (SSSR count). The molecule has 0 radical (unpaired) electrons. The zero-order valence-corrected chi connectivity index (χ0v) is 15.3. The summed E-state index contributed by atoms with van der Waals surface area (Å²) in [4.78, 5) is 16.4. The van der Waals surface area contributed by atoms with E-state index in [9.17, 15) is 18.0 Å². The Balaban J connectivity index is 1.72. The van der Waals surface area contributed by atoms with Crippen LogP contribution in [0.5, 0.6) is 0 Å². The SMILES string of the molecule is CC(c1cc(F)c(F)cc1F)N1CCN(C(=O)c2ccc(N)cc2)[C@@H](C)C1. The van der Waals surface area contributed by atoms with Gasteiger partial charge in [-0.2, -0.15) is 0 Å². The standard InChI is InChI=1S/C20H22F3N3O/c1-12-11-25(13(2)16-9-18(22)19(23)10-17(16)21)7-8-26(12)20(27)14-3-5-15(24)6-4-14/h3-6,9-10,12-13H,7-8,11,24H2,1-2H3/t12-,13?/m0/s1. The van der Waals surface area contributed by atoms with E-state index < -0.39 is 23.5 Å². The van der Waals surface area contributed by atoms with Crippen molar-refractivity contribution in [1.82, 2.24) is 9.80 Å². The summed E-state index contributed by atoms with van der Waals surface area (Å²) in [7, 11) is 0. The lowest BCUT2D eigenvalue weighted by molar-refractivity contribution is 0.0401. The molecule has 1 aliphatic heterocycles. The van der Waals surface area contributed by atoms with Gasteiger partial charge in [-0.3, -0.25) is 9.69 Å². The Morgan fingerprint density at radius 2 is 1.70 bits per heavy atom. The summed E-state index contributed by atoms with van der Waals surface area (Å²) in [6, 6.07) is 7.68. The van der Waals surface area contributed by atoms with Gasteiger partial charge in [-0.1, -0.05) is 0 Å². The number of hydrogen-bond donors (Lipinski definition) is 1. The minimum atomic E-state index is -1.20. The molecule has 1 fully saturated rings. The van der Waals surface area contributed by atoms with Gasteiger partial charge in [0.05, 0.1) is 0 Å². The Morgan fingerprint density at radius 1 is 1.07 bits per heavy atom. The van der Waals surface area contributed by atoms with E-state index in [0.29, 0.717) is 37.0 Å². The fraction of sp³-hybridized carbons (Fsp3) is 0.350. The lowest BCUT2D eigenvalue weighted by Gasteiger charge is -2.42. The van der Waals surface area contributed by atoms with E-state index in [1.165, 1.54) is 0 Å². The van der Waals surface area contributed by atoms with E-state index in [4.69, 9.17) is 5.73 Å². The summed E-state index contributed by atoms with van der Waals surface area (Å²) < 4.78 is 40.8. The molecule has 2 aromatic rings. The number of hydrogen-bond acceptors (Lipinski definition) is 3. The fourth-order valence-electron chi connectivity index (χ4n) is 3.49. The van der Waals surface area contributed by atoms with Crippen LogP contribution in [-0.4, -0.2) is 41.4 Å². The van der Waals surface area contributed by atoms with Crippen LogP contribution in [0.2, 0.25) is 0 Å². The Kier molecular flexibility index (Phi) is 5.41. The van der Waals surface area contributed by atoms with Crippen molar-refractivity contribution >= 4 is 11.6 Å². The molecule has 7 heteroatoms. The Bertz CT molecular complexity index is 841. The number of halogens is 3. The second-order valence-corrected chi connectivity index (χ2v) is 6.93. The first-order chi connectivity index (χ1) is 12.8. The molecule has 27 heavy (non-hydrogen) atoms. The van der Waals surface area contributed by atoms with E-state index in [1.807, 2.05) is 11.8 Å². The molecule has 1 aliphatic rings. The summed E-state index contributed by atoms with van der Waals surface area (Å²) in [5.41, 5.74) is 6.92. The average molecular weight is 377 g/mol. The van der Waals surface area contributed by atoms with Crippen molar-refractivity contribution in [3.63, 3.8) is 0 Å². The van der Waals surface area contributed by atoms with Crippen molar-refractivity contribution in [2.45, 2.75) is 25.9 Å². The second-order valence-electron chi connectivity index (χ2n) is 6.93. The number of benzene rings is 2. The number of rotatable bonds is 3. The molecule has 2 N–H and O–H groups in total. The lowest BCUT2D eigenvalue weighted by atomic mass is 10.0. The maximum absolute atomic E-state index is 14.1. The van der Waals surface area contributed by atoms with Gasteiger partial charge in [0.1, 0.15) is 5.82 Å². The highest BCUT2D eigenvalue weighted by atomic mass is 19.2. The molecule has 0 aromatic heterocycles. The van der Waals surface area contributed by atoms with Gasteiger partial charge in [0.15, 0.2) is 11.6 Å². The largest absolute Gasteiger partial charge is 0.399 e. The highest BCUT2D eigenvalue weighted by Crippen LogP contribution is 2.27. The predicted molar refractivity (Wildman–Crippen MR) is 97.7 cm³/mol. The number of anilines is 1. The van der Waals surface area contributed by atoms with Crippen LogP contribution in [0.4, 0.5) is 18.9 Å². The van der Waals surface area contributed by atoms with E-state index in [2.05, 4.69) is 0 Å². The molecule has 1 heterocycles. The molecule has 0 spiro atoms. The van der Waals surface area contributed by atoms with Crippen LogP contribution in [-0.2, 0) is 0 Å². The molecule has 2 aromatic carbocycles. The highest BCUT2D eigenvalue weighted by molar-refractivity contribution is 5.94. The quantitative estimate of drug-likeness (QED) is 0.657. The third kappa shape index (κ3) is 3.93. The van der Waals surface area contributed by atoms with Crippen molar-refractivity contribution in [2.24, 2.45) is 0 Å². The van der Waals surface area contributed by atoms with Gasteiger partial charge >= 0.3 is 0 Å². The van der Waals surface area contributed by atoms with Crippen molar-refractivity contribution in [3.8, 4) is 0 Å². The highest BCUT2D eigenvalue weighted by Gasteiger charge is 2.31. The van der Waals surface area contributed by atoms with Crippen molar-refractivity contribution in [2.75, 3.05) is 25.4 Å². The van der Waals surface area contributed by atoms with Gasteiger partial charge in [-0.25, -0.2) is 13.2 Å². The number of piperazine rings is 1. The molecule has 1 saturated heterocycles. The average Bonchev–Trinajstić information content (AvgIpc) is 2.64. The van der Waals surface area contributed by atoms with Crippen molar-refractivity contribution < 1.29 is 18.0 Å². The Labute approximate surface area is 156 Å². The van der Waals surface area contributed by atoms with E-state index in [-0.39, 0.29) is 17.5 Å². The summed E-state index contributed by atoms with van der Waals surface area (Å²) in [5, 5.41) is 0. The molecule has 144 valence electrons. The molecule has 1 unspecified atom stereocenters. The smallest absolute Gasteiger partial charge is 0.254 e. The molecule has 0 bridgehead atoms. The molecule has 0 saturated carbocycles. The van der Waals surface area contributed by atoms with Crippen molar-refractivity contribution in [1.29, 1.82) is 0 Å². The van der Waals surface area contributed by atoms with Crippen molar-refractivity contribution in [3.05, 3.63) is 65.0 Å². The zero-order valence-electron chi connectivity index (χ0n) is 15.3. The normalized spacial score (nSPS) is 19.1. The maximum Gasteiger partial charge on any atom is 0.254 e. The monoisotopic (exact) mass is 377 g/mol. The molecular formula is C20H22F3N3O. The van der Waals surface area contributed by atoms with Crippen LogP contribution in [0.3, 0.4) is 0 Å². The topological polar surface area (TPSA) is 49.6 Å². The lowest BCUT2D eigenvalue weighted by Crippen LogP contribution is -2.54. The van der Waals surface area contributed by atoms with Gasteiger partial charge in [0.2, 0.25) is 0 Å². The van der Waals surface area contributed by atoms with Crippen LogP contribution in [0.1, 0.15) is 35.8 Å². The number of nitrogens with two attached hydrogens (primary N) is 1. The molecule has 1 amide bonds. The van der Waals surface area contributed by atoms with Gasteiger partial charge in [0.25, 0.3) is 5.91 Å². The summed E-state index contributed by atoms with van der Waals surface area (Å²) in [5.74, 6) is -3.12. The maximum atomic E-state index is 14.1. The van der Waals surface area contributed by atoms with Gasteiger partial charge in [-0.05, 0) is 44.2 Å². The zero-order chi connectivity index (χ0) is 19.7. The van der Waals surface area contributed by atoms with Gasteiger partial charge < -0.3 is 10.6 Å². The third-order valence-corrected chi connectivity index (χ3v) is 5.11. The number of nitrogens with zero attached hydrogens (tertiary/aromatic N) is 2. The van der Waals surface area contributed by atoms with Crippen LogP contribution in [0.15, 0.2) is 36.4 Å². The summed E-state index contributed by atoms with van der Waals surface area (Å²) >= 11 is 0. The molecule has 2 atom stereocenters. The first-order valence-corrected chi connectivity index (χ1v) is 8.83. The third-order valence-electron chi connectivity index (χ3n) is 5.11. The van der Waals surface area contributed by atoms with Crippen LogP contribution < -0.4 is 5.73 Å². The molecule has 0 aliphatic carbocycles. The Morgan fingerprint density at radius 3 is 2.33 bits per heavy atom. The first kappa shape index (κ1) is 19.2. The van der Waals surface area contributed by atoms with E-state index in [0.717, 1.165) is 6.07 Å². The summed E-state index contributed by atoms with van der Waals surface area (Å²) in [6.07, 6.45) is 0. The predicted octanol–water partition coefficient (Wildman–Crippen LogP) is 3.59. The van der Waals surface area contributed by atoms with Gasteiger partial charge in [0, 0.05) is 54.6 Å².